The predicted molar refractivity (Wildman–Crippen MR) is 86.1 cm³/mol. The van der Waals surface area contributed by atoms with E-state index in [1.807, 2.05) is 6.07 Å². The van der Waals surface area contributed by atoms with E-state index in [0.29, 0.717) is 23.3 Å². The molecule has 3 nitrogen and oxygen atoms in total. The summed E-state index contributed by atoms with van der Waals surface area (Å²) >= 11 is 0. The van der Waals surface area contributed by atoms with Crippen molar-refractivity contribution in [2.75, 3.05) is 6.61 Å². The van der Waals surface area contributed by atoms with Crippen LogP contribution in [0, 0.1) is 0 Å². The van der Waals surface area contributed by atoms with Crippen molar-refractivity contribution >= 4 is 11.8 Å². The molecule has 0 N–H and O–H groups in total. The third-order valence-corrected chi connectivity index (χ3v) is 3.41. The molecule has 0 saturated carbocycles. The molecular formula is C19H20O3. The Kier molecular flexibility index (Phi) is 5.90. The van der Waals surface area contributed by atoms with Crippen molar-refractivity contribution in [3.8, 4) is 0 Å². The van der Waals surface area contributed by atoms with E-state index in [2.05, 4.69) is 6.92 Å². The van der Waals surface area contributed by atoms with E-state index < -0.39 is 5.97 Å². The number of rotatable bonds is 7. The number of carbonyl (C=O) groups is 2. The zero-order valence-corrected chi connectivity index (χ0v) is 12.7. The third kappa shape index (κ3) is 4.04. The summed E-state index contributed by atoms with van der Waals surface area (Å²) in [4.78, 5) is 24.7. The molecule has 3 heteroatoms. The van der Waals surface area contributed by atoms with E-state index >= 15 is 0 Å². The number of esters is 1. The molecule has 0 fully saturated rings. The Morgan fingerprint density at radius 3 is 2.18 bits per heavy atom. The van der Waals surface area contributed by atoms with E-state index in [1.54, 1.807) is 48.5 Å². The Balaban J connectivity index is 2.16. The first kappa shape index (κ1) is 16.0. The number of ether oxygens (including phenoxy) is 1. The maximum absolute atomic E-state index is 12.5. The number of benzene rings is 2. The second-order valence-corrected chi connectivity index (χ2v) is 5.08. The summed E-state index contributed by atoms with van der Waals surface area (Å²) in [6.07, 6.45) is 2.94. The van der Waals surface area contributed by atoms with Gasteiger partial charge in [-0.3, -0.25) is 4.79 Å². The van der Waals surface area contributed by atoms with Gasteiger partial charge < -0.3 is 4.74 Å². The maximum Gasteiger partial charge on any atom is 0.338 e. The van der Waals surface area contributed by atoms with Gasteiger partial charge in [-0.05, 0) is 12.5 Å². The molecular weight excluding hydrogens is 276 g/mol. The summed E-state index contributed by atoms with van der Waals surface area (Å²) in [6, 6.07) is 15.7. The van der Waals surface area contributed by atoms with Gasteiger partial charge in [0.25, 0.3) is 0 Å². The van der Waals surface area contributed by atoms with Gasteiger partial charge in [0.1, 0.15) is 0 Å². The van der Waals surface area contributed by atoms with Gasteiger partial charge in [-0.25, -0.2) is 4.79 Å². The van der Waals surface area contributed by atoms with Crippen LogP contribution in [0.25, 0.3) is 0 Å². The molecule has 0 aliphatic carbocycles. The topological polar surface area (TPSA) is 43.4 Å². The highest BCUT2D eigenvalue weighted by Crippen LogP contribution is 2.16. The highest BCUT2D eigenvalue weighted by molar-refractivity contribution is 6.14. The van der Waals surface area contributed by atoms with Gasteiger partial charge in [0.05, 0.1) is 12.2 Å². The molecule has 0 radical (unpaired) electrons. The van der Waals surface area contributed by atoms with E-state index in [0.717, 1.165) is 19.3 Å². The van der Waals surface area contributed by atoms with Crippen LogP contribution < -0.4 is 0 Å². The number of unbranched alkanes of at least 4 members (excludes halogenated alkanes) is 2. The Morgan fingerprint density at radius 1 is 0.864 bits per heavy atom. The molecule has 0 bridgehead atoms. The molecule has 22 heavy (non-hydrogen) atoms. The number of carbonyl (C=O) groups excluding carboxylic acids is 2. The minimum atomic E-state index is -0.434. The van der Waals surface area contributed by atoms with Crippen molar-refractivity contribution in [2.24, 2.45) is 0 Å². The molecule has 0 amide bonds. The maximum atomic E-state index is 12.5. The van der Waals surface area contributed by atoms with Crippen LogP contribution in [0.5, 0.6) is 0 Å². The zero-order chi connectivity index (χ0) is 15.8. The fourth-order valence-electron chi connectivity index (χ4n) is 2.20. The lowest BCUT2D eigenvalue weighted by Gasteiger charge is -2.09. The smallest absolute Gasteiger partial charge is 0.338 e. The lowest BCUT2D eigenvalue weighted by atomic mass is 9.98. The molecule has 0 aliphatic heterocycles. The molecule has 0 aliphatic rings. The van der Waals surface area contributed by atoms with Gasteiger partial charge >= 0.3 is 5.97 Å². The SMILES string of the molecule is CCCCCOC(=O)c1ccccc1C(=O)c1ccccc1. The first-order valence-electron chi connectivity index (χ1n) is 7.60. The summed E-state index contributed by atoms with van der Waals surface area (Å²) in [6.45, 7) is 2.48. The van der Waals surface area contributed by atoms with Gasteiger partial charge in [0, 0.05) is 11.1 Å². The van der Waals surface area contributed by atoms with Crippen LogP contribution in [0.4, 0.5) is 0 Å². The largest absolute Gasteiger partial charge is 0.462 e. The summed E-state index contributed by atoms with van der Waals surface area (Å²) in [5.41, 5.74) is 1.27. The standard InChI is InChI=1S/C19H20O3/c1-2-3-9-14-22-19(21)17-13-8-7-12-16(17)18(20)15-10-5-4-6-11-15/h4-8,10-13H,2-3,9,14H2,1H3. The molecule has 2 aromatic carbocycles. The van der Waals surface area contributed by atoms with E-state index in [1.165, 1.54) is 0 Å². The van der Waals surface area contributed by atoms with E-state index in [-0.39, 0.29) is 5.78 Å². The predicted octanol–water partition coefficient (Wildman–Crippen LogP) is 4.26. The summed E-state index contributed by atoms with van der Waals surface area (Å²) in [5, 5.41) is 0. The second-order valence-electron chi connectivity index (χ2n) is 5.08. The minimum Gasteiger partial charge on any atom is -0.462 e. The van der Waals surface area contributed by atoms with Crippen molar-refractivity contribution in [1.29, 1.82) is 0 Å². The van der Waals surface area contributed by atoms with Gasteiger partial charge in [-0.2, -0.15) is 0 Å². The molecule has 0 heterocycles. The zero-order valence-electron chi connectivity index (χ0n) is 12.7. The molecule has 0 aromatic heterocycles. The van der Waals surface area contributed by atoms with Crippen molar-refractivity contribution in [2.45, 2.75) is 26.2 Å². The molecule has 0 atom stereocenters. The molecule has 0 unspecified atom stereocenters. The second kappa shape index (κ2) is 8.13. The van der Waals surface area contributed by atoms with E-state index in [4.69, 9.17) is 4.74 Å². The van der Waals surface area contributed by atoms with Crippen LogP contribution in [0.15, 0.2) is 54.6 Å². The minimum absolute atomic E-state index is 0.165. The summed E-state index contributed by atoms with van der Waals surface area (Å²) in [7, 11) is 0. The average molecular weight is 296 g/mol. The fraction of sp³-hybridized carbons (Fsp3) is 0.263. The van der Waals surface area contributed by atoms with Gasteiger partial charge in [-0.1, -0.05) is 68.3 Å². The summed E-state index contributed by atoms with van der Waals surface area (Å²) < 4.78 is 5.27. The molecule has 0 saturated heterocycles. The van der Waals surface area contributed by atoms with E-state index in [9.17, 15) is 9.59 Å². The van der Waals surface area contributed by atoms with Crippen LogP contribution in [0.3, 0.4) is 0 Å². The molecule has 114 valence electrons. The highest BCUT2D eigenvalue weighted by atomic mass is 16.5. The molecule has 2 rings (SSSR count). The Morgan fingerprint density at radius 2 is 1.50 bits per heavy atom. The van der Waals surface area contributed by atoms with Crippen molar-refractivity contribution in [1.82, 2.24) is 0 Å². The van der Waals surface area contributed by atoms with Crippen molar-refractivity contribution in [3.63, 3.8) is 0 Å². The Bertz CT molecular complexity index is 632. The Labute approximate surface area is 130 Å². The fourth-order valence-corrected chi connectivity index (χ4v) is 2.20. The monoisotopic (exact) mass is 296 g/mol. The lowest BCUT2D eigenvalue weighted by molar-refractivity contribution is 0.0495. The first-order chi connectivity index (χ1) is 10.7. The van der Waals surface area contributed by atoms with Crippen LogP contribution in [-0.2, 0) is 4.74 Å². The number of ketones is 1. The van der Waals surface area contributed by atoms with Crippen LogP contribution in [-0.4, -0.2) is 18.4 Å². The quantitative estimate of drug-likeness (QED) is 0.435. The highest BCUT2D eigenvalue weighted by Gasteiger charge is 2.18. The Hall–Kier alpha value is -2.42. The van der Waals surface area contributed by atoms with Crippen LogP contribution in [0.1, 0.15) is 52.5 Å². The van der Waals surface area contributed by atoms with Gasteiger partial charge in [0.15, 0.2) is 5.78 Å². The van der Waals surface area contributed by atoms with Crippen LogP contribution >= 0.6 is 0 Å². The van der Waals surface area contributed by atoms with Gasteiger partial charge in [-0.15, -0.1) is 0 Å². The van der Waals surface area contributed by atoms with Crippen molar-refractivity contribution in [3.05, 3.63) is 71.3 Å². The number of hydrogen-bond acceptors (Lipinski definition) is 3. The normalized spacial score (nSPS) is 10.2. The molecule has 0 spiro atoms. The number of hydrogen-bond donors (Lipinski definition) is 0. The summed E-state index contributed by atoms with van der Waals surface area (Å²) in [5.74, 6) is -0.599. The lowest BCUT2D eigenvalue weighted by Crippen LogP contribution is -2.13. The average Bonchev–Trinajstić information content (AvgIpc) is 2.58. The van der Waals surface area contributed by atoms with Gasteiger partial charge in [0.2, 0.25) is 0 Å². The van der Waals surface area contributed by atoms with Crippen LogP contribution in [0.2, 0.25) is 0 Å². The first-order valence-corrected chi connectivity index (χ1v) is 7.60. The third-order valence-electron chi connectivity index (χ3n) is 3.41. The molecule has 2 aromatic rings. The van der Waals surface area contributed by atoms with Crippen molar-refractivity contribution < 1.29 is 14.3 Å².